The van der Waals surface area contributed by atoms with Crippen LogP contribution in [0.1, 0.15) is 49.1 Å². The molecule has 1 heteroatoms. The summed E-state index contributed by atoms with van der Waals surface area (Å²) < 4.78 is 0. The number of rotatable bonds is 1. The fourth-order valence-electron chi connectivity index (χ4n) is 2.36. The van der Waals surface area contributed by atoms with Gasteiger partial charge in [-0.05, 0) is 42.9 Å². The van der Waals surface area contributed by atoms with E-state index in [-0.39, 0.29) is 0 Å². The maximum Gasteiger partial charge on any atom is 0.0299 e. The molecular weight excluding hydrogens is 158 g/mol. The number of aryl methyl sites for hydroxylation is 1. The second kappa shape index (κ2) is 3.91. The molecule has 0 radical (unpaired) electrons. The van der Waals surface area contributed by atoms with Crippen LogP contribution in [-0.2, 0) is 0 Å². The van der Waals surface area contributed by atoms with Crippen molar-refractivity contribution in [2.75, 3.05) is 0 Å². The zero-order chi connectivity index (χ0) is 9.10. The standard InChI is InChI=1S/C12H17N/c1-10-9-13-8-7-12(10)11-5-3-2-4-6-11/h7-9,11H,2-6H2,1H3. The van der Waals surface area contributed by atoms with Crippen molar-refractivity contribution in [3.05, 3.63) is 29.6 Å². The van der Waals surface area contributed by atoms with Gasteiger partial charge >= 0.3 is 0 Å². The van der Waals surface area contributed by atoms with Gasteiger partial charge in [-0.3, -0.25) is 4.98 Å². The third-order valence-electron chi connectivity index (χ3n) is 3.11. The first-order chi connectivity index (χ1) is 6.38. The number of hydrogen-bond acceptors (Lipinski definition) is 1. The SMILES string of the molecule is Cc1cnccc1C1CCCCC1. The first-order valence-electron chi connectivity index (χ1n) is 5.28. The molecule has 0 unspecified atom stereocenters. The Morgan fingerprint density at radius 3 is 2.69 bits per heavy atom. The van der Waals surface area contributed by atoms with Gasteiger partial charge in [-0.1, -0.05) is 19.3 Å². The first kappa shape index (κ1) is 8.74. The van der Waals surface area contributed by atoms with Crippen molar-refractivity contribution in [1.29, 1.82) is 0 Å². The van der Waals surface area contributed by atoms with Gasteiger partial charge in [0, 0.05) is 12.4 Å². The van der Waals surface area contributed by atoms with E-state index in [4.69, 9.17) is 0 Å². The van der Waals surface area contributed by atoms with E-state index in [2.05, 4.69) is 18.0 Å². The highest BCUT2D eigenvalue weighted by Gasteiger charge is 2.16. The van der Waals surface area contributed by atoms with Crippen LogP contribution in [0, 0.1) is 6.92 Å². The molecule has 0 bridgehead atoms. The summed E-state index contributed by atoms with van der Waals surface area (Å²) in [5.41, 5.74) is 2.91. The fraction of sp³-hybridized carbons (Fsp3) is 0.583. The highest BCUT2D eigenvalue weighted by atomic mass is 14.6. The third-order valence-corrected chi connectivity index (χ3v) is 3.11. The topological polar surface area (TPSA) is 12.9 Å². The van der Waals surface area contributed by atoms with E-state index >= 15 is 0 Å². The minimum Gasteiger partial charge on any atom is -0.264 e. The highest BCUT2D eigenvalue weighted by Crippen LogP contribution is 2.33. The van der Waals surface area contributed by atoms with Crippen molar-refractivity contribution >= 4 is 0 Å². The molecule has 1 nitrogen and oxygen atoms in total. The lowest BCUT2D eigenvalue weighted by Gasteiger charge is -2.23. The highest BCUT2D eigenvalue weighted by molar-refractivity contribution is 5.25. The van der Waals surface area contributed by atoms with Crippen LogP contribution >= 0.6 is 0 Å². The van der Waals surface area contributed by atoms with Crippen LogP contribution < -0.4 is 0 Å². The van der Waals surface area contributed by atoms with E-state index in [9.17, 15) is 0 Å². The Morgan fingerprint density at radius 2 is 2.00 bits per heavy atom. The molecule has 70 valence electrons. The maximum atomic E-state index is 4.14. The molecule has 0 saturated heterocycles. The van der Waals surface area contributed by atoms with Gasteiger partial charge < -0.3 is 0 Å². The van der Waals surface area contributed by atoms with Gasteiger partial charge in [-0.25, -0.2) is 0 Å². The largest absolute Gasteiger partial charge is 0.264 e. The van der Waals surface area contributed by atoms with E-state index in [0.29, 0.717) is 0 Å². The van der Waals surface area contributed by atoms with E-state index in [1.54, 1.807) is 0 Å². The van der Waals surface area contributed by atoms with Crippen molar-refractivity contribution in [1.82, 2.24) is 4.98 Å². The van der Waals surface area contributed by atoms with Gasteiger partial charge in [0.1, 0.15) is 0 Å². The lowest BCUT2D eigenvalue weighted by atomic mass is 9.83. The van der Waals surface area contributed by atoms with Gasteiger partial charge in [0.2, 0.25) is 0 Å². The van der Waals surface area contributed by atoms with E-state index in [0.717, 1.165) is 5.92 Å². The van der Waals surface area contributed by atoms with Crippen LogP contribution in [0.3, 0.4) is 0 Å². The Labute approximate surface area is 80.2 Å². The van der Waals surface area contributed by atoms with Crippen LogP contribution in [0.5, 0.6) is 0 Å². The van der Waals surface area contributed by atoms with Gasteiger partial charge in [0.15, 0.2) is 0 Å². The Kier molecular flexibility index (Phi) is 2.62. The number of pyridine rings is 1. The quantitative estimate of drug-likeness (QED) is 0.637. The first-order valence-corrected chi connectivity index (χ1v) is 5.28. The van der Waals surface area contributed by atoms with E-state index < -0.39 is 0 Å². The summed E-state index contributed by atoms with van der Waals surface area (Å²) in [6, 6.07) is 2.20. The molecule has 1 aromatic rings. The molecule has 0 spiro atoms. The number of aromatic nitrogens is 1. The Balaban J connectivity index is 2.18. The maximum absolute atomic E-state index is 4.14. The van der Waals surface area contributed by atoms with E-state index in [1.165, 1.54) is 43.2 Å². The molecule has 1 fully saturated rings. The molecule has 0 amide bonds. The number of nitrogens with zero attached hydrogens (tertiary/aromatic N) is 1. The summed E-state index contributed by atoms with van der Waals surface area (Å²) >= 11 is 0. The number of hydrogen-bond donors (Lipinski definition) is 0. The molecule has 1 aliphatic rings. The van der Waals surface area contributed by atoms with Gasteiger partial charge in [0.05, 0.1) is 0 Å². The molecule has 1 aromatic heterocycles. The van der Waals surface area contributed by atoms with E-state index in [1.807, 2.05) is 12.4 Å². The predicted molar refractivity (Wildman–Crippen MR) is 54.8 cm³/mol. The molecule has 2 rings (SSSR count). The van der Waals surface area contributed by atoms with Crippen molar-refractivity contribution in [3.8, 4) is 0 Å². The molecular formula is C12H17N. The Hall–Kier alpha value is -0.850. The second-order valence-electron chi connectivity index (χ2n) is 4.07. The molecule has 0 atom stereocenters. The second-order valence-corrected chi connectivity index (χ2v) is 4.07. The molecule has 0 aliphatic heterocycles. The molecule has 0 aromatic carbocycles. The zero-order valence-corrected chi connectivity index (χ0v) is 8.29. The van der Waals surface area contributed by atoms with Crippen LogP contribution in [0.2, 0.25) is 0 Å². The lowest BCUT2D eigenvalue weighted by molar-refractivity contribution is 0.442. The molecule has 1 aliphatic carbocycles. The molecule has 0 N–H and O–H groups in total. The van der Waals surface area contributed by atoms with Crippen molar-refractivity contribution < 1.29 is 0 Å². The normalized spacial score (nSPS) is 18.8. The third kappa shape index (κ3) is 1.90. The van der Waals surface area contributed by atoms with Crippen LogP contribution in [-0.4, -0.2) is 4.98 Å². The predicted octanol–water partition coefficient (Wildman–Crippen LogP) is 3.44. The average molecular weight is 175 g/mol. The minimum atomic E-state index is 0.816. The van der Waals surface area contributed by atoms with Crippen LogP contribution in [0.25, 0.3) is 0 Å². The molecule has 13 heavy (non-hydrogen) atoms. The summed E-state index contributed by atoms with van der Waals surface area (Å²) in [5.74, 6) is 0.816. The van der Waals surface area contributed by atoms with Crippen molar-refractivity contribution in [2.24, 2.45) is 0 Å². The summed E-state index contributed by atoms with van der Waals surface area (Å²) in [4.78, 5) is 4.14. The Bertz CT molecular complexity index is 274. The summed E-state index contributed by atoms with van der Waals surface area (Å²) in [7, 11) is 0. The van der Waals surface area contributed by atoms with Gasteiger partial charge in [0.25, 0.3) is 0 Å². The Morgan fingerprint density at radius 1 is 1.23 bits per heavy atom. The summed E-state index contributed by atoms with van der Waals surface area (Å²) in [6.45, 7) is 2.18. The average Bonchev–Trinajstić information content (AvgIpc) is 2.20. The zero-order valence-electron chi connectivity index (χ0n) is 8.29. The fourth-order valence-corrected chi connectivity index (χ4v) is 2.36. The summed E-state index contributed by atoms with van der Waals surface area (Å²) in [5, 5.41) is 0. The smallest absolute Gasteiger partial charge is 0.0299 e. The molecule has 1 saturated carbocycles. The lowest BCUT2D eigenvalue weighted by Crippen LogP contribution is -2.06. The van der Waals surface area contributed by atoms with Crippen LogP contribution in [0.4, 0.5) is 0 Å². The van der Waals surface area contributed by atoms with Crippen molar-refractivity contribution in [3.63, 3.8) is 0 Å². The summed E-state index contributed by atoms with van der Waals surface area (Å²) in [6.07, 6.45) is 10.9. The minimum absolute atomic E-state index is 0.816. The van der Waals surface area contributed by atoms with Gasteiger partial charge in [-0.15, -0.1) is 0 Å². The molecule has 1 heterocycles. The monoisotopic (exact) mass is 175 g/mol. The van der Waals surface area contributed by atoms with Crippen molar-refractivity contribution in [2.45, 2.75) is 44.9 Å². The van der Waals surface area contributed by atoms with Crippen LogP contribution in [0.15, 0.2) is 18.5 Å². The van der Waals surface area contributed by atoms with Gasteiger partial charge in [-0.2, -0.15) is 0 Å².